The standard InChI is InChI=1S/2C13H19BrN4S.C13H14N4S.C12H17BrN4OS.3CH4/c2*14-11-4-5-12(16-10-11)17-13(19)15-6-9-18-7-2-1-3-8-18;18-13(17-12-6-2-4-9-15-12)16-10-7-11-5-1-3-8-14-11;13-10-1-2-11(15-9-10)16-12(19)14-3-4-17-5-7-18-8-6-17;;;/h2*4-5,10H,1-3,6-9H2,(H2,15,16,17,19);1-6,8-9H,7,10H2,(H2,15,16,17,18);1-2,9H,3-8H2,(H2,14,15,16,19);3*1H4. The molecule has 3 fully saturated rings. The van der Waals surface area contributed by atoms with E-state index in [0.29, 0.717) is 20.4 Å². The van der Waals surface area contributed by atoms with E-state index in [9.17, 15) is 0 Å². The molecule has 24 heteroatoms. The maximum Gasteiger partial charge on any atom is 0.171 e. The Bertz CT molecular complexity index is 2180. The molecule has 8 N–H and O–H groups in total. The number of pyridine rings is 5. The summed E-state index contributed by atoms with van der Waals surface area (Å²) in [6.07, 6.45) is 17.6. The van der Waals surface area contributed by atoms with E-state index in [-0.39, 0.29) is 22.3 Å². The van der Waals surface area contributed by atoms with E-state index in [1.54, 1.807) is 31.0 Å². The lowest BCUT2D eigenvalue weighted by molar-refractivity contribution is 0.0389. The number of morpholine rings is 1. The van der Waals surface area contributed by atoms with Crippen molar-refractivity contribution in [3.63, 3.8) is 0 Å². The highest BCUT2D eigenvalue weighted by atomic mass is 79.9. The van der Waals surface area contributed by atoms with Crippen LogP contribution in [-0.4, -0.2) is 158 Å². The average Bonchev–Trinajstić information content (AvgIpc) is 3.43. The van der Waals surface area contributed by atoms with Gasteiger partial charge in [0.25, 0.3) is 0 Å². The van der Waals surface area contributed by atoms with Crippen LogP contribution in [0.3, 0.4) is 0 Å². The molecule has 5 aromatic rings. The summed E-state index contributed by atoms with van der Waals surface area (Å²) in [5.74, 6) is 3.01. The van der Waals surface area contributed by atoms with E-state index in [1.807, 2.05) is 72.8 Å². The average molecular weight is 1340 g/mol. The molecule has 0 aliphatic carbocycles. The van der Waals surface area contributed by atoms with Gasteiger partial charge in [-0.1, -0.05) is 47.3 Å². The Kier molecular flexibility index (Phi) is 38.2. The Morgan fingerprint density at radius 3 is 1.13 bits per heavy atom. The molecule has 0 saturated carbocycles. The summed E-state index contributed by atoms with van der Waals surface area (Å²) in [7, 11) is 0. The molecule has 3 aliphatic heterocycles. The van der Waals surface area contributed by atoms with E-state index in [2.05, 4.69) is 130 Å². The molecule has 8 rings (SSSR count). The van der Waals surface area contributed by atoms with Gasteiger partial charge in [0.2, 0.25) is 0 Å². The molecular formula is C54H81Br3N16OS4. The zero-order valence-electron chi connectivity index (χ0n) is 42.1. The monoisotopic (exact) mass is 1330 g/mol. The topological polar surface area (TPSA) is 180 Å². The van der Waals surface area contributed by atoms with Crippen molar-refractivity contribution in [3.05, 3.63) is 123 Å². The molecule has 0 bridgehead atoms. The van der Waals surface area contributed by atoms with Crippen LogP contribution in [0, 0.1) is 0 Å². The summed E-state index contributed by atoms with van der Waals surface area (Å²) in [5.41, 5.74) is 1.05. The Morgan fingerprint density at radius 1 is 0.423 bits per heavy atom. The molecular weight excluding hydrogens is 1260 g/mol. The Hall–Kier alpha value is -4.21. The summed E-state index contributed by atoms with van der Waals surface area (Å²) in [6, 6.07) is 23.0. The van der Waals surface area contributed by atoms with Crippen LogP contribution in [0.1, 0.15) is 66.5 Å². The molecule has 0 atom stereocenters. The first-order valence-corrected chi connectivity index (χ1v) is 29.2. The summed E-state index contributed by atoms with van der Waals surface area (Å²) in [6.45, 7) is 14.9. The Labute approximate surface area is 511 Å². The quantitative estimate of drug-likeness (QED) is 0.0437. The van der Waals surface area contributed by atoms with Crippen LogP contribution in [0.4, 0.5) is 23.3 Å². The van der Waals surface area contributed by atoms with Gasteiger partial charge in [0, 0.05) is 115 Å². The van der Waals surface area contributed by atoms with Crippen molar-refractivity contribution in [2.45, 2.75) is 67.2 Å². The van der Waals surface area contributed by atoms with Crippen LogP contribution >= 0.6 is 96.7 Å². The second kappa shape index (κ2) is 42.6. The van der Waals surface area contributed by atoms with Crippen molar-refractivity contribution in [1.82, 2.24) is 60.9 Å². The van der Waals surface area contributed by atoms with Crippen molar-refractivity contribution in [3.8, 4) is 0 Å². The highest BCUT2D eigenvalue weighted by Gasteiger charge is 2.12. The van der Waals surface area contributed by atoms with Gasteiger partial charge in [-0.15, -0.1) is 0 Å². The second-order valence-corrected chi connectivity index (χ2v) is 21.5. The lowest BCUT2D eigenvalue weighted by atomic mass is 10.1. The summed E-state index contributed by atoms with van der Waals surface area (Å²) in [5, 5.41) is 27.4. The van der Waals surface area contributed by atoms with Crippen LogP contribution < -0.4 is 42.5 Å². The molecule has 17 nitrogen and oxygen atoms in total. The first kappa shape index (κ1) is 69.9. The zero-order valence-corrected chi connectivity index (χ0v) is 50.1. The highest BCUT2D eigenvalue weighted by Crippen LogP contribution is 2.13. The first-order chi connectivity index (χ1) is 36.6. The SMILES string of the molecule is C.C.C.S=C(NCCN1CCCCC1)Nc1ccc(Br)cn1.S=C(NCCN1CCCCC1)Nc1ccc(Br)cn1.S=C(NCCN1CCOCC1)Nc1ccc(Br)cn1.S=C(NCCc1ccccn1)Nc1ccccn1. The van der Waals surface area contributed by atoms with Gasteiger partial charge in [-0.2, -0.15) is 0 Å². The van der Waals surface area contributed by atoms with Crippen molar-refractivity contribution in [2.24, 2.45) is 0 Å². The molecule has 78 heavy (non-hydrogen) atoms. The zero-order chi connectivity index (χ0) is 53.1. The summed E-state index contributed by atoms with van der Waals surface area (Å²) in [4.78, 5) is 28.3. The molecule has 5 aromatic heterocycles. The van der Waals surface area contributed by atoms with Crippen molar-refractivity contribution in [1.29, 1.82) is 0 Å². The van der Waals surface area contributed by atoms with Crippen molar-refractivity contribution < 1.29 is 4.74 Å². The van der Waals surface area contributed by atoms with Crippen molar-refractivity contribution in [2.75, 3.05) is 120 Å². The number of halogens is 3. The molecule has 428 valence electrons. The largest absolute Gasteiger partial charge is 0.379 e. The van der Waals surface area contributed by atoms with Gasteiger partial charge >= 0.3 is 0 Å². The molecule has 8 heterocycles. The highest BCUT2D eigenvalue weighted by molar-refractivity contribution is 9.11. The van der Waals surface area contributed by atoms with Gasteiger partial charge in [0.1, 0.15) is 23.3 Å². The lowest BCUT2D eigenvalue weighted by Crippen LogP contribution is -2.42. The number of thiocarbonyl (C=S) groups is 4. The molecule has 0 unspecified atom stereocenters. The Balaban J connectivity index is 0.000000351. The normalized spacial score (nSPS) is 14.0. The van der Waals surface area contributed by atoms with E-state index in [0.717, 1.165) is 121 Å². The van der Waals surface area contributed by atoms with Gasteiger partial charge in [-0.25, -0.2) is 19.9 Å². The number of rotatable bonds is 16. The molecule has 3 aliphatic rings. The third-order valence-corrected chi connectivity index (χ3v) is 13.7. The number of hydrogen-bond acceptors (Lipinski definition) is 13. The van der Waals surface area contributed by atoms with Crippen LogP contribution in [0.25, 0.3) is 0 Å². The van der Waals surface area contributed by atoms with Gasteiger partial charge in [0.05, 0.1) is 13.2 Å². The predicted molar refractivity (Wildman–Crippen MR) is 353 cm³/mol. The maximum atomic E-state index is 5.30. The van der Waals surface area contributed by atoms with Gasteiger partial charge in [0.15, 0.2) is 20.4 Å². The van der Waals surface area contributed by atoms with E-state index >= 15 is 0 Å². The fourth-order valence-electron chi connectivity index (χ4n) is 7.45. The van der Waals surface area contributed by atoms with Gasteiger partial charge in [-0.05, 0) is 209 Å². The Morgan fingerprint density at radius 2 is 0.782 bits per heavy atom. The second-order valence-electron chi connectivity index (χ2n) is 17.2. The van der Waals surface area contributed by atoms with Crippen molar-refractivity contribution >= 4 is 140 Å². The molecule has 0 aromatic carbocycles. The van der Waals surface area contributed by atoms with Crippen LogP contribution in [-0.2, 0) is 11.2 Å². The van der Waals surface area contributed by atoms with Gasteiger partial charge < -0.3 is 57.1 Å². The summed E-state index contributed by atoms with van der Waals surface area (Å²) < 4.78 is 8.17. The number of hydrogen-bond donors (Lipinski definition) is 8. The summed E-state index contributed by atoms with van der Waals surface area (Å²) >= 11 is 30.9. The number of anilines is 4. The van der Waals surface area contributed by atoms with Crippen LogP contribution in [0.2, 0.25) is 0 Å². The van der Waals surface area contributed by atoms with Crippen LogP contribution in [0.5, 0.6) is 0 Å². The fraction of sp³-hybridized carbons (Fsp3) is 0.463. The van der Waals surface area contributed by atoms with E-state index in [1.165, 1.54) is 64.7 Å². The van der Waals surface area contributed by atoms with Gasteiger partial charge in [-0.3, -0.25) is 9.88 Å². The molecule has 0 amide bonds. The number of aromatic nitrogens is 5. The number of nitrogens with zero attached hydrogens (tertiary/aromatic N) is 8. The lowest BCUT2D eigenvalue weighted by Gasteiger charge is -2.26. The third-order valence-electron chi connectivity index (χ3n) is 11.3. The van der Waals surface area contributed by atoms with E-state index in [4.69, 9.17) is 53.6 Å². The molecule has 0 radical (unpaired) electrons. The third kappa shape index (κ3) is 32.1. The minimum atomic E-state index is 0. The number of piperidine rings is 2. The maximum absolute atomic E-state index is 5.30. The first-order valence-electron chi connectivity index (χ1n) is 25.2. The number of ether oxygens (including phenoxy) is 1. The fourth-order valence-corrected chi connectivity index (χ4v) is 8.98. The van der Waals surface area contributed by atoms with E-state index < -0.39 is 0 Å². The predicted octanol–water partition coefficient (Wildman–Crippen LogP) is 10.6. The smallest absolute Gasteiger partial charge is 0.171 e. The number of likely N-dealkylation sites (tertiary alicyclic amines) is 2. The minimum Gasteiger partial charge on any atom is -0.379 e. The molecule has 0 spiro atoms. The molecule has 3 saturated heterocycles. The number of nitrogens with one attached hydrogen (secondary N) is 8. The van der Waals surface area contributed by atoms with Crippen LogP contribution in [0.15, 0.2) is 117 Å². The minimum absolute atomic E-state index is 0.